The lowest BCUT2D eigenvalue weighted by Crippen LogP contribution is -2.32. The Morgan fingerprint density at radius 3 is 0.713 bits per heavy atom. The highest BCUT2D eigenvalue weighted by Gasteiger charge is 2.11. The van der Waals surface area contributed by atoms with Crippen LogP contribution < -0.4 is 9.13 Å². The molecule has 0 spiro atoms. The van der Waals surface area contributed by atoms with Gasteiger partial charge in [0.25, 0.3) is 0 Å². The molecule has 0 radical (unpaired) electrons. The van der Waals surface area contributed by atoms with Crippen molar-refractivity contribution in [2.75, 3.05) is 0 Å². The second kappa shape index (κ2) is 26.2. The Bertz CT molecular complexity index is 3900. The molecule has 0 aliphatic carbocycles. The lowest BCUT2D eigenvalue weighted by molar-refractivity contribution is -0.688. The van der Waals surface area contributed by atoms with Gasteiger partial charge in [-0.3, -0.25) is 9.97 Å². The highest BCUT2D eigenvalue weighted by molar-refractivity contribution is 9.09. The number of hydrogen-bond donors (Lipinski definition) is 0. The van der Waals surface area contributed by atoms with Gasteiger partial charge >= 0.3 is 0 Å². The second-order valence-electron chi connectivity index (χ2n) is 19.9. The smallest absolute Gasteiger partial charge is 0.173 e. The van der Waals surface area contributed by atoms with E-state index in [0.29, 0.717) is 0 Å². The Labute approximate surface area is 502 Å². The highest BCUT2D eigenvalue weighted by atomic mass is 79.9. The van der Waals surface area contributed by atoms with Gasteiger partial charge in [0.1, 0.15) is 0 Å². The summed E-state index contributed by atoms with van der Waals surface area (Å²) < 4.78 is 4.46. The number of nitrogens with zero attached hydrogens (tertiary/aromatic N) is 4. The molecule has 80 heavy (non-hydrogen) atoms. The van der Waals surface area contributed by atoms with E-state index in [1.54, 1.807) is 0 Å². The molecule has 0 saturated heterocycles. The summed E-state index contributed by atoms with van der Waals surface area (Å²) in [4.78, 5) is 8.21. The summed E-state index contributed by atoms with van der Waals surface area (Å²) in [6.45, 7) is 1.73. The molecule has 0 fully saturated rings. The van der Waals surface area contributed by atoms with Crippen molar-refractivity contribution in [2.24, 2.45) is 0 Å². The molecule has 0 saturated carbocycles. The zero-order valence-corrected chi connectivity index (χ0v) is 50.3. The minimum absolute atomic E-state index is 0.865. The molecule has 13 rings (SSSR count). The molecule has 0 bridgehead atoms. The average molecular weight is 1300 g/mol. The van der Waals surface area contributed by atoms with Gasteiger partial charge in [0.2, 0.25) is 0 Å². The third-order valence-corrected chi connectivity index (χ3v) is 17.1. The maximum Gasteiger partial charge on any atom is 0.173 e. The molecular formula is C72H56Br4N4+2. The number of halogens is 4. The summed E-state index contributed by atoms with van der Waals surface area (Å²) in [5.74, 6) is 0. The monoisotopic (exact) mass is 1290 g/mol. The summed E-state index contributed by atoms with van der Waals surface area (Å²) in [5, 5.41) is 13.7. The fourth-order valence-electron chi connectivity index (χ4n) is 9.92. The molecule has 4 nitrogen and oxygen atoms in total. The summed E-state index contributed by atoms with van der Waals surface area (Å²) >= 11 is 13.8. The topological polar surface area (TPSA) is 33.5 Å². The van der Waals surface area contributed by atoms with Crippen LogP contribution in [-0.4, -0.2) is 9.97 Å². The molecule has 4 aromatic heterocycles. The Kier molecular flexibility index (Phi) is 17.9. The zero-order chi connectivity index (χ0) is 54.6. The zero-order valence-electron chi connectivity index (χ0n) is 43.9. The van der Waals surface area contributed by atoms with Crippen molar-refractivity contribution in [2.45, 2.75) is 34.4 Å². The third kappa shape index (κ3) is 13.6. The molecule has 0 aliphatic rings. The molecule has 9 aromatic carbocycles. The Morgan fingerprint density at radius 2 is 0.463 bits per heavy atom. The van der Waals surface area contributed by atoms with Gasteiger partial charge in [-0.25, -0.2) is 9.13 Å². The van der Waals surface area contributed by atoms with Crippen LogP contribution in [0.25, 0.3) is 87.6 Å². The summed E-state index contributed by atoms with van der Waals surface area (Å²) in [5.41, 5.74) is 17.6. The van der Waals surface area contributed by atoms with Crippen LogP contribution in [0.5, 0.6) is 0 Å². The Hall–Kier alpha value is -7.46. The molecule has 8 heteroatoms. The number of rotatable bonds is 12. The van der Waals surface area contributed by atoms with E-state index in [1.165, 1.54) is 121 Å². The number of alkyl halides is 4. The SMILES string of the molecule is BrCc1ccc(CBr)cc1.BrCc1ccc(C[n+]2ccc(-c3ccc4cc5cc(-c6cc[n+](Cc7ccc(CBr)cc7)cc6)ccc5cc4c3)cc2)cc1.c1cc(-c2ccc3cc4cc(-c5ccncc5)ccc4cc3c2)ccn1. The van der Waals surface area contributed by atoms with Crippen LogP contribution in [0.2, 0.25) is 0 Å². The molecule has 13 aromatic rings. The predicted octanol–water partition coefficient (Wildman–Crippen LogP) is 19.4. The maximum atomic E-state index is 4.10. The van der Waals surface area contributed by atoms with Crippen molar-refractivity contribution < 1.29 is 9.13 Å². The van der Waals surface area contributed by atoms with E-state index in [2.05, 4.69) is 302 Å². The first-order chi connectivity index (χ1) is 39.4. The van der Waals surface area contributed by atoms with Crippen molar-refractivity contribution >= 4 is 107 Å². The number of hydrogen-bond acceptors (Lipinski definition) is 2. The van der Waals surface area contributed by atoms with Crippen molar-refractivity contribution in [3.8, 4) is 44.5 Å². The molecule has 0 aliphatic heterocycles. The van der Waals surface area contributed by atoms with Gasteiger partial charge in [-0.2, -0.15) is 0 Å². The van der Waals surface area contributed by atoms with E-state index in [-0.39, 0.29) is 0 Å². The van der Waals surface area contributed by atoms with Crippen molar-refractivity contribution in [3.05, 3.63) is 301 Å². The van der Waals surface area contributed by atoms with Crippen LogP contribution in [-0.2, 0) is 34.4 Å². The molecule has 0 atom stereocenters. The molecule has 390 valence electrons. The fraction of sp³-hybridized carbons (Fsp3) is 0.0833. The van der Waals surface area contributed by atoms with Gasteiger partial charge < -0.3 is 0 Å². The van der Waals surface area contributed by atoms with Crippen molar-refractivity contribution in [3.63, 3.8) is 0 Å². The van der Waals surface area contributed by atoms with E-state index in [0.717, 1.165) is 34.4 Å². The second-order valence-corrected chi connectivity index (χ2v) is 22.2. The number of benzene rings is 9. The average Bonchev–Trinajstić information content (AvgIpc) is 3.54. The highest BCUT2D eigenvalue weighted by Crippen LogP contribution is 2.33. The van der Waals surface area contributed by atoms with Crippen LogP contribution in [0.15, 0.2) is 268 Å². The first kappa shape index (κ1) is 54.5. The van der Waals surface area contributed by atoms with Crippen LogP contribution in [0.3, 0.4) is 0 Å². The summed E-state index contributed by atoms with van der Waals surface area (Å²) in [7, 11) is 0. The number of aromatic nitrogens is 4. The third-order valence-electron chi connectivity index (χ3n) is 14.5. The van der Waals surface area contributed by atoms with Gasteiger partial charge in [-0.05, 0) is 183 Å². The minimum Gasteiger partial charge on any atom is -0.265 e. The number of pyridine rings is 4. The fourth-order valence-corrected chi connectivity index (χ4v) is 11.4. The van der Waals surface area contributed by atoms with Crippen molar-refractivity contribution in [1.29, 1.82) is 0 Å². The molecular weight excluding hydrogens is 1240 g/mol. The largest absolute Gasteiger partial charge is 0.265 e. The van der Waals surface area contributed by atoms with Gasteiger partial charge in [0.15, 0.2) is 37.9 Å². The van der Waals surface area contributed by atoms with Gasteiger partial charge in [0, 0.05) is 81.5 Å². The van der Waals surface area contributed by atoms with E-state index in [4.69, 9.17) is 0 Å². The van der Waals surface area contributed by atoms with Crippen LogP contribution in [0.4, 0.5) is 0 Å². The quantitative estimate of drug-likeness (QED) is 0.0694. The lowest BCUT2D eigenvalue weighted by Gasteiger charge is -2.08. The standard InChI is InChI=1S/C40H32Br2N2.C24H16N2.C8H8Br2/c41-25-29-1-5-31(6-2-29)27-43-17-13-33(14-18-43)35-9-11-37-24-40-22-36(10-12-38(40)23-39(37)21-35)34-15-19-44(20-16-34)28-32-7-3-30(26-42)4-8-32;1-3-21-15-24-14-20(18-7-11-26-12-8-18)2-4-22(24)16-23(21)13-19(1)17-5-9-25-10-6-17;9-5-7-1-2-8(6-10)4-3-7/h1-24H,25-28H2;1-16H;1-4H,5-6H2/q+2;;. The summed E-state index contributed by atoms with van der Waals surface area (Å²) in [6, 6.07) is 79.1. The minimum atomic E-state index is 0.865. The number of fused-ring (bicyclic) bond motifs is 4. The Balaban J connectivity index is 0.000000157. The lowest BCUT2D eigenvalue weighted by atomic mass is 9.97. The maximum absolute atomic E-state index is 4.10. The van der Waals surface area contributed by atoms with Gasteiger partial charge in [0.05, 0.1) is 0 Å². The van der Waals surface area contributed by atoms with Gasteiger partial charge in [-0.1, -0.05) is 185 Å². The Morgan fingerprint density at radius 1 is 0.225 bits per heavy atom. The van der Waals surface area contributed by atoms with Crippen LogP contribution in [0.1, 0.15) is 33.4 Å². The van der Waals surface area contributed by atoms with Crippen LogP contribution >= 0.6 is 63.7 Å². The normalized spacial score (nSPS) is 11.1. The molecule has 0 N–H and O–H groups in total. The summed E-state index contributed by atoms with van der Waals surface area (Å²) in [6.07, 6.45) is 16.0. The predicted molar refractivity (Wildman–Crippen MR) is 349 cm³/mol. The van der Waals surface area contributed by atoms with E-state index < -0.39 is 0 Å². The first-order valence-electron chi connectivity index (χ1n) is 26.6. The van der Waals surface area contributed by atoms with E-state index >= 15 is 0 Å². The van der Waals surface area contributed by atoms with Crippen LogP contribution in [0, 0.1) is 0 Å². The first-order valence-corrected chi connectivity index (χ1v) is 31.1. The van der Waals surface area contributed by atoms with E-state index in [9.17, 15) is 0 Å². The van der Waals surface area contributed by atoms with Crippen molar-refractivity contribution in [1.82, 2.24) is 9.97 Å². The van der Waals surface area contributed by atoms with E-state index in [1.807, 2.05) is 49.1 Å². The molecule has 0 amide bonds. The van der Waals surface area contributed by atoms with Gasteiger partial charge in [-0.15, -0.1) is 0 Å². The molecule has 4 heterocycles. The molecule has 0 unspecified atom stereocenters.